The summed E-state index contributed by atoms with van der Waals surface area (Å²) in [7, 11) is 0. The molecule has 0 unspecified atom stereocenters. The maximum atomic E-state index is 12.5. The van der Waals surface area contributed by atoms with E-state index in [1.165, 1.54) is 6.26 Å². The summed E-state index contributed by atoms with van der Waals surface area (Å²) in [6, 6.07) is 0.415. The van der Waals surface area contributed by atoms with Crippen LogP contribution in [0.5, 0.6) is 0 Å². The maximum absolute atomic E-state index is 12.5. The lowest BCUT2D eigenvalue weighted by molar-refractivity contribution is -0.106. The number of halogens is 2. The van der Waals surface area contributed by atoms with Crippen molar-refractivity contribution in [2.24, 2.45) is 5.92 Å². The first-order valence-electron chi connectivity index (χ1n) is 4.59. The molecule has 1 fully saturated rings. The number of hydrogen-bond acceptors (Lipinski definition) is 3. The minimum absolute atomic E-state index is 0.0281. The van der Waals surface area contributed by atoms with Crippen LogP contribution in [0.4, 0.5) is 14.8 Å². The molecule has 0 amide bonds. The second kappa shape index (κ2) is 3.22. The highest BCUT2D eigenvalue weighted by molar-refractivity contribution is 5.21. The molecule has 1 aliphatic carbocycles. The highest BCUT2D eigenvalue weighted by Gasteiger charge is 2.44. The Kier molecular flexibility index (Phi) is 2.17. The molecule has 0 saturated heterocycles. The molecule has 0 radical (unpaired) electrons. The molecule has 0 spiro atoms. The van der Waals surface area contributed by atoms with Crippen molar-refractivity contribution in [2.75, 3.05) is 11.9 Å². The number of aromatic nitrogens is 1. The van der Waals surface area contributed by atoms with Gasteiger partial charge in [-0.3, -0.25) is 0 Å². The van der Waals surface area contributed by atoms with Crippen molar-refractivity contribution in [3.05, 3.63) is 12.0 Å². The topological polar surface area (TPSA) is 38.1 Å². The van der Waals surface area contributed by atoms with Gasteiger partial charge in [0, 0.05) is 19.4 Å². The van der Waals surface area contributed by atoms with Crippen LogP contribution in [-0.2, 0) is 0 Å². The SMILES string of the molecule is Cc1coc(NCC2CC(F)(F)C2)n1. The molecule has 1 N–H and O–H groups in total. The molecule has 1 aromatic rings. The van der Waals surface area contributed by atoms with Gasteiger partial charge in [0.05, 0.1) is 5.69 Å². The summed E-state index contributed by atoms with van der Waals surface area (Å²) in [5, 5.41) is 2.89. The third kappa shape index (κ3) is 2.02. The van der Waals surface area contributed by atoms with E-state index in [1.807, 2.05) is 6.92 Å². The van der Waals surface area contributed by atoms with Crippen molar-refractivity contribution in [3.63, 3.8) is 0 Å². The van der Waals surface area contributed by atoms with Crippen LogP contribution in [0.25, 0.3) is 0 Å². The Labute approximate surface area is 80.5 Å². The van der Waals surface area contributed by atoms with Crippen molar-refractivity contribution in [1.82, 2.24) is 4.98 Å². The number of oxazole rings is 1. The molecular formula is C9H12F2N2O. The third-order valence-electron chi connectivity index (χ3n) is 2.34. The monoisotopic (exact) mass is 202 g/mol. The molecule has 1 saturated carbocycles. The number of anilines is 1. The Balaban J connectivity index is 1.74. The zero-order valence-corrected chi connectivity index (χ0v) is 7.89. The van der Waals surface area contributed by atoms with Gasteiger partial charge in [-0.25, -0.2) is 8.78 Å². The van der Waals surface area contributed by atoms with Gasteiger partial charge in [-0.15, -0.1) is 0 Å². The molecule has 78 valence electrons. The van der Waals surface area contributed by atoms with Gasteiger partial charge in [-0.05, 0) is 12.8 Å². The molecule has 0 aromatic carbocycles. The average molecular weight is 202 g/mol. The average Bonchev–Trinajstić information content (AvgIpc) is 2.44. The normalized spacial score (nSPS) is 20.5. The molecule has 5 heteroatoms. The quantitative estimate of drug-likeness (QED) is 0.818. The Morgan fingerprint density at radius 3 is 2.86 bits per heavy atom. The summed E-state index contributed by atoms with van der Waals surface area (Å²) >= 11 is 0. The van der Waals surface area contributed by atoms with E-state index in [1.54, 1.807) is 0 Å². The summed E-state index contributed by atoms with van der Waals surface area (Å²) in [5.41, 5.74) is 0.784. The van der Waals surface area contributed by atoms with E-state index in [0.717, 1.165) is 5.69 Å². The fourth-order valence-corrected chi connectivity index (χ4v) is 1.60. The van der Waals surface area contributed by atoms with Gasteiger partial charge in [-0.1, -0.05) is 0 Å². The fraction of sp³-hybridized carbons (Fsp3) is 0.667. The Bertz CT molecular complexity index is 316. The van der Waals surface area contributed by atoms with Crippen LogP contribution in [0.3, 0.4) is 0 Å². The molecule has 0 aliphatic heterocycles. The molecule has 1 heterocycles. The number of nitrogens with one attached hydrogen (secondary N) is 1. The first kappa shape index (κ1) is 9.43. The van der Waals surface area contributed by atoms with Crippen molar-refractivity contribution in [2.45, 2.75) is 25.7 Å². The van der Waals surface area contributed by atoms with Crippen LogP contribution in [0.2, 0.25) is 0 Å². The van der Waals surface area contributed by atoms with Crippen molar-refractivity contribution >= 4 is 6.01 Å². The Morgan fingerprint density at radius 2 is 2.36 bits per heavy atom. The highest BCUT2D eigenvalue weighted by Crippen LogP contribution is 2.42. The Hall–Kier alpha value is -1.13. The summed E-state index contributed by atoms with van der Waals surface area (Å²) < 4.78 is 29.9. The van der Waals surface area contributed by atoms with Gasteiger partial charge in [-0.2, -0.15) is 4.98 Å². The van der Waals surface area contributed by atoms with Gasteiger partial charge in [0.25, 0.3) is 6.01 Å². The van der Waals surface area contributed by atoms with Crippen molar-refractivity contribution in [1.29, 1.82) is 0 Å². The molecule has 2 rings (SSSR count). The van der Waals surface area contributed by atoms with Gasteiger partial charge in [0.15, 0.2) is 0 Å². The molecular weight excluding hydrogens is 190 g/mol. The minimum Gasteiger partial charge on any atom is -0.432 e. The van der Waals surface area contributed by atoms with E-state index in [2.05, 4.69) is 10.3 Å². The lowest BCUT2D eigenvalue weighted by Crippen LogP contribution is -2.39. The van der Waals surface area contributed by atoms with Gasteiger partial charge < -0.3 is 9.73 Å². The summed E-state index contributed by atoms with van der Waals surface area (Å²) in [6.07, 6.45) is 1.47. The molecule has 1 aliphatic rings. The lowest BCUT2D eigenvalue weighted by Gasteiger charge is -2.34. The van der Waals surface area contributed by atoms with Crippen LogP contribution in [-0.4, -0.2) is 17.5 Å². The number of alkyl halides is 2. The largest absolute Gasteiger partial charge is 0.432 e. The zero-order valence-electron chi connectivity index (χ0n) is 7.89. The van der Waals surface area contributed by atoms with Gasteiger partial charge in [0.2, 0.25) is 5.92 Å². The summed E-state index contributed by atoms with van der Waals surface area (Å²) in [5.74, 6) is -2.41. The molecule has 0 bridgehead atoms. The smallest absolute Gasteiger partial charge is 0.294 e. The second-order valence-electron chi connectivity index (χ2n) is 3.81. The van der Waals surface area contributed by atoms with Gasteiger partial charge in [0.1, 0.15) is 6.26 Å². The number of rotatable bonds is 3. The van der Waals surface area contributed by atoms with Crippen molar-refractivity contribution < 1.29 is 13.2 Å². The third-order valence-corrected chi connectivity index (χ3v) is 2.34. The molecule has 14 heavy (non-hydrogen) atoms. The van der Waals surface area contributed by atoms with Gasteiger partial charge >= 0.3 is 0 Å². The zero-order chi connectivity index (χ0) is 10.2. The van der Waals surface area contributed by atoms with E-state index in [9.17, 15) is 8.78 Å². The minimum atomic E-state index is -2.45. The summed E-state index contributed by atoms with van der Waals surface area (Å²) in [4.78, 5) is 4.01. The lowest BCUT2D eigenvalue weighted by atomic mass is 9.81. The highest BCUT2D eigenvalue weighted by atomic mass is 19.3. The maximum Gasteiger partial charge on any atom is 0.294 e. The predicted octanol–water partition coefficient (Wildman–Crippen LogP) is 2.44. The standard InChI is InChI=1S/C9H12F2N2O/c1-6-5-14-8(13-6)12-4-7-2-9(10,11)3-7/h5,7H,2-4H2,1H3,(H,12,13). The van der Waals surface area contributed by atoms with E-state index in [4.69, 9.17) is 4.42 Å². The molecule has 0 atom stereocenters. The predicted molar refractivity (Wildman–Crippen MR) is 47.4 cm³/mol. The van der Waals surface area contributed by atoms with E-state index in [0.29, 0.717) is 12.6 Å². The first-order chi connectivity index (χ1) is 6.55. The fourth-order valence-electron chi connectivity index (χ4n) is 1.60. The van der Waals surface area contributed by atoms with Crippen LogP contribution < -0.4 is 5.32 Å². The number of aryl methyl sites for hydroxylation is 1. The van der Waals surface area contributed by atoms with E-state index < -0.39 is 5.92 Å². The van der Waals surface area contributed by atoms with Crippen LogP contribution in [0.1, 0.15) is 18.5 Å². The van der Waals surface area contributed by atoms with Crippen LogP contribution in [0, 0.1) is 12.8 Å². The molecule has 3 nitrogen and oxygen atoms in total. The Morgan fingerprint density at radius 1 is 1.64 bits per heavy atom. The van der Waals surface area contributed by atoms with E-state index >= 15 is 0 Å². The first-order valence-corrected chi connectivity index (χ1v) is 4.59. The summed E-state index contributed by atoms with van der Waals surface area (Å²) in [6.45, 7) is 2.32. The van der Waals surface area contributed by atoms with Crippen LogP contribution in [0.15, 0.2) is 10.7 Å². The number of nitrogens with zero attached hydrogens (tertiary/aromatic N) is 1. The van der Waals surface area contributed by atoms with Crippen molar-refractivity contribution in [3.8, 4) is 0 Å². The second-order valence-corrected chi connectivity index (χ2v) is 3.81. The van der Waals surface area contributed by atoms with Crippen LogP contribution >= 0.6 is 0 Å². The molecule has 1 aromatic heterocycles. The number of hydrogen-bond donors (Lipinski definition) is 1. The van der Waals surface area contributed by atoms with E-state index in [-0.39, 0.29) is 18.8 Å².